The molecule has 3 amide bonds. The quantitative estimate of drug-likeness (QED) is 0.785. The van der Waals surface area contributed by atoms with Crippen molar-refractivity contribution in [2.75, 3.05) is 5.75 Å². The Balaban J connectivity index is 1.69. The van der Waals surface area contributed by atoms with Crippen LogP contribution in [-0.2, 0) is 6.54 Å². The van der Waals surface area contributed by atoms with Crippen molar-refractivity contribution in [3.63, 3.8) is 0 Å². The molecule has 2 aromatic carbocycles. The van der Waals surface area contributed by atoms with Crippen LogP contribution in [0, 0.1) is 5.82 Å². The normalized spacial score (nSPS) is 16.0. The van der Waals surface area contributed by atoms with Crippen molar-refractivity contribution in [1.29, 1.82) is 0 Å². The molecule has 0 spiro atoms. The summed E-state index contributed by atoms with van der Waals surface area (Å²) in [5.74, 6) is 0.370. The number of halogens is 1. The third-order valence-corrected chi connectivity index (χ3v) is 5.12. The molecule has 0 fully saturated rings. The van der Waals surface area contributed by atoms with Crippen LogP contribution in [0.1, 0.15) is 33.9 Å². The van der Waals surface area contributed by atoms with E-state index in [9.17, 15) is 14.0 Å². The summed E-state index contributed by atoms with van der Waals surface area (Å²) in [6, 6.07) is 10.8. The van der Waals surface area contributed by atoms with E-state index in [1.807, 2.05) is 0 Å². The molecule has 0 saturated carbocycles. The average molecular weight is 359 g/mol. The van der Waals surface area contributed by atoms with Gasteiger partial charge in [0.1, 0.15) is 5.82 Å². The maximum absolute atomic E-state index is 13.5. The third-order valence-electron chi connectivity index (χ3n) is 4.00. The second kappa shape index (κ2) is 7.57. The molecule has 0 aromatic heterocycles. The van der Waals surface area contributed by atoms with Gasteiger partial charge in [0.05, 0.1) is 6.04 Å². The number of amides is 3. The van der Waals surface area contributed by atoms with Gasteiger partial charge in [-0.15, -0.1) is 11.8 Å². The molecule has 0 saturated heterocycles. The van der Waals surface area contributed by atoms with Gasteiger partial charge in [-0.05, 0) is 47.9 Å². The van der Waals surface area contributed by atoms with Gasteiger partial charge in [-0.25, -0.2) is 9.18 Å². The van der Waals surface area contributed by atoms with E-state index in [1.54, 1.807) is 42.1 Å². The SMILES string of the molecule is NC(=O)NCc1ccc(C(=O)NC2CCSc3ccc(F)cc32)cc1. The van der Waals surface area contributed by atoms with Crippen molar-refractivity contribution < 1.29 is 14.0 Å². The van der Waals surface area contributed by atoms with Crippen LogP contribution >= 0.6 is 11.8 Å². The lowest BCUT2D eigenvalue weighted by molar-refractivity contribution is 0.0935. The number of carbonyl (C=O) groups excluding carboxylic acids is 2. The lowest BCUT2D eigenvalue weighted by atomic mass is 10.0. The first-order chi connectivity index (χ1) is 12.0. The van der Waals surface area contributed by atoms with Crippen LogP contribution in [0.15, 0.2) is 47.4 Å². The molecule has 25 heavy (non-hydrogen) atoms. The Bertz CT molecular complexity index is 795. The van der Waals surface area contributed by atoms with Crippen LogP contribution in [-0.4, -0.2) is 17.7 Å². The van der Waals surface area contributed by atoms with E-state index >= 15 is 0 Å². The topological polar surface area (TPSA) is 84.2 Å². The molecular formula is C18H18FN3O2S. The Morgan fingerprint density at radius 3 is 2.68 bits per heavy atom. The molecule has 1 aliphatic heterocycles. The highest BCUT2D eigenvalue weighted by Gasteiger charge is 2.23. The summed E-state index contributed by atoms with van der Waals surface area (Å²) in [7, 11) is 0. The van der Waals surface area contributed by atoms with Crippen molar-refractivity contribution in [1.82, 2.24) is 10.6 Å². The fraction of sp³-hybridized carbons (Fsp3) is 0.222. The van der Waals surface area contributed by atoms with Gasteiger partial charge in [0.25, 0.3) is 5.91 Å². The van der Waals surface area contributed by atoms with Crippen LogP contribution in [0.4, 0.5) is 9.18 Å². The maximum Gasteiger partial charge on any atom is 0.312 e. The molecule has 4 N–H and O–H groups in total. The molecule has 1 heterocycles. The standard InChI is InChI=1S/C18H18FN3O2S/c19-13-5-6-16-14(9-13)15(7-8-25-16)22-17(23)12-3-1-11(2-4-12)10-21-18(20)24/h1-6,9,15H,7-8,10H2,(H,22,23)(H3,20,21,24). The lowest BCUT2D eigenvalue weighted by Crippen LogP contribution is -2.31. The number of hydrogen-bond donors (Lipinski definition) is 3. The largest absolute Gasteiger partial charge is 0.352 e. The van der Waals surface area contributed by atoms with Gasteiger partial charge in [0.2, 0.25) is 0 Å². The Kier molecular flexibility index (Phi) is 5.23. The predicted molar refractivity (Wildman–Crippen MR) is 94.8 cm³/mol. The summed E-state index contributed by atoms with van der Waals surface area (Å²) in [5.41, 5.74) is 7.21. The molecule has 5 nitrogen and oxygen atoms in total. The minimum atomic E-state index is -0.595. The molecule has 7 heteroatoms. The first-order valence-corrected chi connectivity index (χ1v) is 8.87. The highest BCUT2D eigenvalue weighted by Crippen LogP contribution is 2.36. The number of primary amides is 1. The number of nitrogens with one attached hydrogen (secondary N) is 2. The van der Waals surface area contributed by atoms with Crippen molar-refractivity contribution in [2.24, 2.45) is 5.73 Å². The first kappa shape index (κ1) is 17.3. The molecule has 0 radical (unpaired) electrons. The summed E-state index contributed by atoms with van der Waals surface area (Å²) < 4.78 is 13.5. The van der Waals surface area contributed by atoms with Gasteiger partial charge in [-0.2, -0.15) is 0 Å². The monoisotopic (exact) mass is 359 g/mol. The Hall–Kier alpha value is -2.54. The Labute approximate surface area is 149 Å². The number of nitrogens with two attached hydrogens (primary N) is 1. The minimum absolute atomic E-state index is 0.198. The zero-order chi connectivity index (χ0) is 17.8. The Morgan fingerprint density at radius 2 is 1.96 bits per heavy atom. The molecular weight excluding hydrogens is 341 g/mol. The summed E-state index contributed by atoms with van der Waals surface area (Å²) >= 11 is 1.67. The van der Waals surface area contributed by atoms with Crippen LogP contribution in [0.3, 0.4) is 0 Å². The van der Waals surface area contributed by atoms with E-state index in [-0.39, 0.29) is 17.8 Å². The number of benzene rings is 2. The van der Waals surface area contributed by atoms with Gasteiger partial charge in [-0.3, -0.25) is 4.79 Å². The van der Waals surface area contributed by atoms with Crippen LogP contribution in [0.25, 0.3) is 0 Å². The highest BCUT2D eigenvalue weighted by molar-refractivity contribution is 7.99. The van der Waals surface area contributed by atoms with Crippen molar-refractivity contribution in [3.05, 3.63) is 65.0 Å². The van der Waals surface area contributed by atoms with E-state index in [2.05, 4.69) is 10.6 Å². The zero-order valence-corrected chi connectivity index (χ0v) is 14.2. The van der Waals surface area contributed by atoms with E-state index < -0.39 is 6.03 Å². The minimum Gasteiger partial charge on any atom is -0.352 e. The van der Waals surface area contributed by atoms with Gasteiger partial charge >= 0.3 is 6.03 Å². The second-order valence-electron chi connectivity index (χ2n) is 5.76. The second-order valence-corrected chi connectivity index (χ2v) is 6.90. The van der Waals surface area contributed by atoms with Gasteiger partial charge in [0, 0.05) is 22.8 Å². The summed E-state index contributed by atoms with van der Waals surface area (Å²) in [5, 5.41) is 5.47. The third kappa shape index (κ3) is 4.30. The summed E-state index contributed by atoms with van der Waals surface area (Å²) in [4.78, 5) is 24.2. The molecule has 130 valence electrons. The molecule has 0 bridgehead atoms. The molecule has 2 aromatic rings. The molecule has 3 rings (SSSR count). The zero-order valence-electron chi connectivity index (χ0n) is 13.4. The van der Waals surface area contributed by atoms with Crippen molar-refractivity contribution in [2.45, 2.75) is 23.9 Å². The number of fused-ring (bicyclic) bond motifs is 1. The van der Waals surface area contributed by atoms with Gasteiger partial charge < -0.3 is 16.4 Å². The number of thioether (sulfide) groups is 1. The molecule has 1 aliphatic rings. The predicted octanol–water partition coefficient (Wildman–Crippen LogP) is 2.96. The van der Waals surface area contributed by atoms with Gasteiger partial charge in [0.15, 0.2) is 0 Å². The first-order valence-electron chi connectivity index (χ1n) is 7.88. The van der Waals surface area contributed by atoms with E-state index in [0.717, 1.165) is 28.2 Å². The maximum atomic E-state index is 13.5. The number of urea groups is 1. The molecule has 0 aliphatic carbocycles. The number of hydrogen-bond acceptors (Lipinski definition) is 3. The lowest BCUT2D eigenvalue weighted by Gasteiger charge is -2.26. The van der Waals surface area contributed by atoms with E-state index in [1.165, 1.54) is 12.1 Å². The fourth-order valence-corrected chi connectivity index (χ4v) is 3.83. The smallest absolute Gasteiger partial charge is 0.312 e. The molecule has 1 atom stereocenters. The Morgan fingerprint density at radius 1 is 1.20 bits per heavy atom. The van der Waals surface area contributed by atoms with Crippen molar-refractivity contribution >= 4 is 23.7 Å². The number of rotatable bonds is 4. The van der Waals surface area contributed by atoms with E-state index in [4.69, 9.17) is 5.73 Å². The van der Waals surface area contributed by atoms with E-state index in [0.29, 0.717) is 12.1 Å². The highest BCUT2D eigenvalue weighted by atomic mass is 32.2. The van der Waals surface area contributed by atoms with Crippen molar-refractivity contribution in [3.8, 4) is 0 Å². The number of carbonyl (C=O) groups is 2. The van der Waals surface area contributed by atoms with Gasteiger partial charge in [-0.1, -0.05) is 12.1 Å². The molecule has 1 unspecified atom stereocenters. The van der Waals surface area contributed by atoms with Crippen LogP contribution in [0.5, 0.6) is 0 Å². The fourth-order valence-electron chi connectivity index (χ4n) is 2.72. The average Bonchev–Trinajstić information content (AvgIpc) is 2.61. The van der Waals surface area contributed by atoms with Crippen LogP contribution < -0.4 is 16.4 Å². The van der Waals surface area contributed by atoms with Crippen LogP contribution in [0.2, 0.25) is 0 Å². The summed E-state index contributed by atoms with van der Waals surface area (Å²) in [6.45, 7) is 0.309. The summed E-state index contributed by atoms with van der Waals surface area (Å²) in [6.07, 6.45) is 0.757.